The van der Waals surface area contributed by atoms with Crippen molar-refractivity contribution in [2.45, 2.75) is 19.9 Å². The Balaban J connectivity index is 0.000000291. The number of carbonyl (C=O) groups is 1. The Kier molecular flexibility index (Phi) is 6.09. The number of aldehydes is 1. The molecule has 0 aromatic rings. The highest BCUT2D eigenvalue weighted by Gasteiger charge is 2.11. The Labute approximate surface area is 60.4 Å². The summed E-state index contributed by atoms with van der Waals surface area (Å²) in [6.45, 7) is 4.00. The molecule has 0 spiro atoms. The van der Waals surface area contributed by atoms with Gasteiger partial charge < -0.3 is 4.79 Å². The molecule has 0 aromatic carbocycles. The van der Waals surface area contributed by atoms with Gasteiger partial charge in [-0.2, -0.15) is 0 Å². The lowest BCUT2D eigenvalue weighted by molar-refractivity contribution is -0.108. The van der Waals surface area contributed by atoms with Gasteiger partial charge in [-0.1, -0.05) is 13.8 Å². The van der Waals surface area contributed by atoms with Crippen molar-refractivity contribution in [3.05, 3.63) is 0 Å². The summed E-state index contributed by atoms with van der Waals surface area (Å²) in [5.74, 6) is 1.88. The molecule has 1 saturated heterocycles. The highest BCUT2D eigenvalue weighted by Crippen LogP contribution is 2.06. The third-order valence-corrected chi connectivity index (χ3v) is 1.87. The van der Waals surface area contributed by atoms with Crippen LogP contribution >= 0.6 is 11.8 Å². The summed E-state index contributed by atoms with van der Waals surface area (Å²) >= 11 is 1.76. The van der Waals surface area contributed by atoms with Gasteiger partial charge in [0, 0.05) is 11.6 Å². The lowest BCUT2D eigenvalue weighted by atomic mass is 10.4. The first-order chi connectivity index (χ1) is 4.43. The summed E-state index contributed by atoms with van der Waals surface area (Å²) < 4.78 is 0. The van der Waals surface area contributed by atoms with Gasteiger partial charge in [-0.3, -0.25) is 5.32 Å². The van der Waals surface area contributed by atoms with E-state index in [4.69, 9.17) is 0 Å². The second kappa shape index (κ2) is 6.11. The Morgan fingerprint density at radius 3 is 2.56 bits per heavy atom. The number of nitrogens with one attached hydrogen (secondary N) is 1. The van der Waals surface area contributed by atoms with Crippen molar-refractivity contribution in [2.24, 2.45) is 0 Å². The molecule has 1 aliphatic heterocycles. The van der Waals surface area contributed by atoms with Crippen LogP contribution in [-0.4, -0.2) is 24.0 Å². The molecule has 1 fully saturated rings. The normalized spacial score (nSPS) is 24.4. The molecule has 0 amide bonds. The van der Waals surface area contributed by atoms with E-state index in [-0.39, 0.29) is 6.04 Å². The zero-order valence-electron chi connectivity index (χ0n) is 5.89. The van der Waals surface area contributed by atoms with Crippen molar-refractivity contribution >= 4 is 18.0 Å². The average molecular weight is 147 g/mol. The first-order valence-electron chi connectivity index (χ1n) is 3.20. The minimum atomic E-state index is 0.130. The van der Waals surface area contributed by atoms with Crippen LogP contribution in [0.15, 0.2) is 0 Å². The van der Waals surface area contributed by atoms with Gasteiger partial charge in [0.25, 0.3) is 0 Å². The highest BCUT2D eigenvalue weighted by atomic mass is 32.2. The van der Waals surface area contributed by atoms with Gasteiger partial charge in [0.05, 0.1) is 6.04 Å². The van der Waals surface area contributed by atoms with Gasteiger partial charge in [-0.15, -0.1) is 11.8 Å². The summed E-state index contributed by atoms with van der Waals surface area (Å²) in [5, 5.41) is 3.00. The molecular weight excluding hydrogens is 134 g/mol. The second-order valence-electron chi connectivity index (χ2n) is 1.46. The predicted octanol–water partition coefficient (Wildman–Crippen LogP) is 0.874. The Morgan fingerprint density at radius 2 is 2.33 bits per heavy atom. The Bertz CT molecular complexity index is 71.5. The maximum atomic E-state index is 9.93. The van der Waals surface area contributed by atoms with E-state index >= 15 is 0 Å². The minimum Gasteiger partial charge on any atom is -0.302 e. The van der Waals surface area contributed by atoms with Crippen molar-refractivity contribution in [3.8, 4) is 0 Å². The van der Waals surface area contributed by atoms with Crippen LogP contribution in [0.25, 0.3) is 0 Å². The number of thioether (sulfide) groups is 1. The fraction of sp³-hybridized carbons (Fsp3) is 0.833. The van der Waals surface area contributed by atoms with Crippen molar-refractivity contribution in [1.82, 2.24) is 5.32 Å². The molecule has 3 heteroatoms. The lowest BCUT2D eigenvalue weighted by Crippen LogP contribution is -2.24. The third kappa shape index (κ3) is 3.54. The van der Waals surface area contributed by atoms with E-state index in [0.29, 0.717) is 0 Å². The minimum absolute atomic E-state index is 0.130. The summed E-state index contributed by atoms with van der Waals surface area (Å²) in [7, 11) is 0. The topological polar surface area (TPSA) is 29.1 Å². The van der Waals surface area contributed by atoms with E-state index in [1.807, 2.05) is 13.8 Å². The molecule has 1 atom stereocenters. The first-order valence-corrected chi connectivity index (χ1v) is 4.35. The number of carbonyl (C=O) groups excluding carboxylic acids is 1. The van der Waals surface area contributed by atoms with Crippen LogP contribution in [-0.2, 0) is 4.79 Å². The van der Waals surface area contributed by atoms with E-state index in [9.17, 15) is 4.79 Å². The molecule has 1 N–H and O–H groups in total. The van der Waals surface area contributed by atoms with E-state index in [2.05, 4.69) is 5.32 Å². The average Bonchev–Trinajstić information content (AvgIpc) is 2.43. The van der Waals surface area contributed by atoms with E-state index in [1.165, 1.54) is 0 Å². The van der Waals surface area contributed by atoms with Crippen LogP contribution in [0.5, 0.6) is 0 Å². The molecular formula is C6H13NOS. The highest BCUT2D eigenvalue weighted by molar-refractivity contribution is 7.99. The molecule has 1 heterocycles. The van der Waals surface area contributed by atoms with Crippen molar-refractivity contribution in [2.75, 3.05) is 11.6 Å². The molecule has 2 nitrogen and oxygen atoms in total. The van der Waals surface area contributed by atoms with E-state index in [1.54, 1.807) is 11.8 Å². The largest absolute Gasteiger partial charge is 0.302 e. The van der Waals surface area contributed by atoms with Gasteiger partial charge in [0.2, 0.25) is 0 Å². The van der Waals surface area contributed by atoms with E-state index < -0.39 is 0 Å². The summed E-state index contributed by atoms with van der Waals surface area (Å²) in [4.78, 5) is 9.93. The van der Waals surface area contributed by atoms with Crippen molar-refractivity contribution in [1.29, 1.82) is 0 Å². The number of hydrogen-bond donors (Lipinski definition) is 1. The Hall–Kier alpha value is -0.0200. The van der Waals surface area contributed by atoms with Gasteiger partial charge >= 0.3 is 0 Å². The molecule has 9 heavy (non-hydrogen) atoms. The van der Waals surface area contributed by atoms with Gasteiger partial charge in [0.15, 0.2) is 0 Å². The lowest BCUT2D eigenvalue weighted by Gasteiger charge is -1.92. The quantitative estimate of drug-likeness (QED) is 0.558. The number of rotatable bonds is 1. The maximum absolute atomic E-state index is 9.93. The molecule has 0 aromatic heterocycles. The molecule has 0 unspecified atom stereocenters. The maximum Gasteiger partial charge on any atom is 0.137 e. The van der Waals surface area contributed by atoms with Gasteiger partial charge in [-0.25, -0.2) is 0 Å². The predicted molar refractivity (Wildman–Crippen MR) is 41.7 cm³/mol. The smallest absolute Gasteiger partial charge is 0.137 e. The third-order valence-electron chi connectivity index (χ3n) is 0.909. The van der Waals surface area contributed by atoms with Gasteiger partial charge in [-0.05, 0) is 0 Å². The SMILES string of the molecule is CC.O=C[C@@H]1CSCN1. The molecule has 54 valence electrons. The summed E-state index contributed by atoms with van der Waals surface area (Å²) in [6.07, 6.45) is 0.958. The van der Waals surface area contributed by atoms with Crippen LogP contribution in [0, 0.1) is 0 Å². The zero-order valence-corrected chi connectivity index (χ0v) is 6.70. The molecule has 0 aliphatic carbocycles. The molecule has 0 bridgehead atoms. The first kappa shape index (κ1) is 8.98. The fourth-order valence-electron chi connectivity index (χ4n) is 0.498. The van der Waals surface area contributed by atoms with Crippen LogP contribution in [0.1, 0.15) is 13.8 Å². The summed E-state index contributed by atoms with van der Waals surface area (Å²) in [6, 6.07) is 0.130. The standard InChI is InChI=1S/C4H7NOS.C2H6/c6-1-4-2-7-3-5-4;1-2/h1,4-5H,2-3H2;1-2H3/t4-;/m1./s1. The van der Waals surface area contributed by atoms with Crippen molar-refractivity contribution < 1.29 is 4.79 Å². The van der Waals surface area contributed by atoms with E-state index in [0.717, 1.165) is 17.9 Å². The van der Waals surface area contributed by atoms with Gasteiger partial charge in [0.1, 0.15) is 6.29 Å². The van der Waals surface area contributed by atoms with Crippen molar-refractivity contribution in [3.63, 3.8) is 0 Å². The van der Waals surface area contributed by atoms with Crippen LogP contribution in [0.3, 0.4) is 0 Å². The zero-order chi connectivity index (χ0) is 7.11. The Morgan fingerprint density at radius 1 is 1.67 bits per heavy atom. The second-order valence-corrected chi connectivity index (χ2v) is 2.49. The van der Waals surface area contributed by atoms with Crippen LogP contribution in [0.2, 0.25) is 0 Å². The van der Waals surface area contributed by atoms with Crippen LogP contribution < -0.4 is 5.32 Å². The van der Waals surface area contributed by atoms with Crippen LogP contribution in [0.4, 0.5) is 0 Å². The molecule has 0 radical (unpaired) electrons. The fourth-order valence-corrected chi connectivity index (χ4v) is 1.40. The molecule has 1 aliphatic rings. The monoisotopic (exact) mass is 147 g/mol. The summed E-state index contributed by atoms with van der Waals surface area (Å²) in [5.41, 5.74) is 0. The number of hydrogen-bond acceptors (Lipinski definition) is 3. The molecule has 0 saturated carbocycles. The molecule has 1 rings (SSSR count).